The molecule has 1 amide bonds. The van der Waals surface area contributed by atoms with Crippen LogP contribution < -0.4 is 10.6 Å². The molecule has 0 aliphatic rings. The van der Waals surface area contributed by atoms with Gasteiger partial charge in [0.05, 0.1) is 10.2 Å². The molecule has 3 rings (SSSR count). The van der Waals surface area contributed by atoms with E-state index >= 15 is 0 Å². The second-order valence-corrected chi connectivity index (χ2v) is 8.84. The Hall–Kier alpha value is -2.82. The van der Waals surface area contributed by atoms with Gasteiger partial charge >= 0.3 is 18.0 Å². The largest absolute Gasteiger partial charge is 0.439 e. The number of amides is 1. The topological polar surface area (TPSA) is 54.0 Å². The minimum Gasteiger partial charge on any atom is -0.324 e. The van der Waals surface area contributed by atoms with E-state index in [0.717, 1.165) is 5.56 Å². The van der Waals surface area contributed by atoms with Gasteiger partial charge in [0.15, 0.2) is 5.13 Å². The van der Waals surface area contributed by atoms with Gasteiger partial charge in [0.2, 0.25) is 5.91 Å². The number of halogens is 6. The molecule has 33 heavy (non-hydrogen) atoms. The molecule has 0 bridgehead atoms. The summed E-state index contributed by atoms with van der Waals surface area (Å²) in [6, 6.07) is 13.2. The van der Waals surface area contributed by atoms with Crippen molar-refractivity contribution in [1.82, 2.24) is 10.3 Å². The molecule has 1 heterocycles. The maximum absolute atomic E-state index is 13.9. The number of hydrogen-bond donors (Lipinski definition) is 2. The molecule has 0 radical (unpaired) electrons. The number of fused-ring (bicyclic) bond motifs is 1. The molecular formula is C22H21F6N3OS. The van der Waals surface area contributed by atoms with Crippen molar-refractivity contribution < 1.29 is 31.1 Å². The smallest absolute Gasteiger partial charge is 0.324 e. The van der Waals surface area contributed by atoms with Crippen molar-refractivity contribution in [3.05, 3.63) is 59.7 Å². The Morgan fingerprint density at radius 2 is 1.64 bits per heavy atom. The second-order valence-electron chi connectivity index (χ2n) is 7.81. The van der Waals surface area contributed by atoms with Crippen LogP contribution in [0.4, 0.5) is 31.5 Å². The van der Waals surface area contributed by atoms with E-state index in [0.29, 0.717) is 21.6 Å². The summed E-state index contributed by atoms with van der Waals surface area (Å²) in [5, 5.41) is 2.03. The molecule has 0 aliphatic carbocycles. The third-order valence-corrected chi connectivity index (χ3v) is 5.97. The average Bonchev–Trinajstić information content (AvgIpc) is 3.12. The number of hydrogen-bond acceptors (Lipinski definition) is 4. The zero-order chi connectivity index (χ0) is 24.4. The number of carbonyl (C=O) groups excluding carboxylic acids is 1. The summed E-state index contributed by atoms with van der Waals surface area (Å²) in [7, 11) is 0. The van der Waals surface area contributed by atoms with Crippen molar-refractivity contribution in [3.63, 3.8) is 0 Å². The molecule has 0 saturated carbocycles. The number of rotatable bonds is 7. The Balaban J connectivity index is 1.92. The van der Waals surface area contributed by atoms with Gasteiger partial charge in [0, 0.05) is 6.42 Å². The van der Waals surface area contributed by atoms with Crippen LogP contribution >= 0.6 is 11.3 Å². The lowest BCUT2D eigenvalue weighted by Gasteiger charge is -2.38. The fourth-order valence-electron chi connectivity index (χ4n) is 3.16. The number of carbonyl (C=O) groups is 1. The van der Waals surface area contributed by atoms with Crippen molar-refractivity contribution in [2.75, 3.05) is 5.32 Å². The van der Waals surface area contributed by atoms with Gasteiger partial charge in [-0.1, -0.05) is 61.6 Å². The number of thiazole rings is 1. The summed E-state index contributed by atoms with van der Waals surface area (Å²) in [6.45, 7) is 3.81. The van der Waals surface area contributed by atoms with Crippen molar-refractivity contribution in [2.45, 2.75) is 50.6 Å². The molecule has 178 valence electrons. The van der Waals surface area contributed by atoms with Crippen LogP contribution in [-0.2, 0) is 11.2 Å². The molecule has 0 unspecified atom stereocenters. The maximum atomic E-state index is 13.9. The Labute approximate surface area is 190 Å². The molecule has 4 nitrogen and oxygen atoms in total. The Morgan fingerprint density at radius 1 is 1.00 bits per heavy atom. The number of alkyl halides is 6. The summed E-state index contributed by atoms with van der Waals surface area (Å²) in [4.78, 5) is 16.1. The molecular weight excluding hydrogens is 468 g/mol. The highest BCUT2D eigenvalue weighted by atomic mass is 32.1. The minimum atomic E-state index is -5.89. The van der Waals surface area contributed by atoms with Crippen LogP contribution in [0.3, 0.4) is 0 Å². The fraction of sp³-hybridized carbons (Fsp3) is 0.364. The van der Waals surface area contributed by atoms with E-state index in [9.17, 15) is 31.1 Å². The van der Waals surface area contributed by atoms with Crippen molar-refractivity contribution >= 4 is 32.6 Å². The van der Waals surface area contributed by atoms with Gasteiger partial charge in [-0.3, -0.25) is 4.79 Å². The summed E-state index contributed by atoms with van der Waals surface area (Å²) < 4.78 is 83.7. The molecule has 0 spiro atoms. The van der Waals surface area contributed by atoms with E-state index in [1.165, 1.54) is 16.7 Å². The first-order valence-electron chi connectivity index (χ1n) is 9.99. The highest BCUT2D eigenvalue weighted by molar-refractivity contribution is 7.22. The van der Waals surface area contributed by atoms with E-state index in [2.05, 4.69) is 4.98 Å². The van der Waals surface area contributed by atoms with Crippen LogP contribution in [0, 0.1) is 0 Å². The van der Waals surface area contributed by atoms with Gasteiger partial charge < -0.3 is 10.6 Å². The molecule has 2 aromatic carbocycles. The van der Waals surface area contributed by atoms with Gasteiger partial charge in [-0.2, -0.15) is 26.3 Å². The molecule has 0 atom stereocenters. The summed E-state index contributed by atoms with van der Waals surface area (Å²) in [6.07, 6.45) is -12.4. The first kappa shape index (κ1) is 24.8. The number of benzene rings is 2. The molecule has 1 aromatic heterocycles. The number of aryl methyl sites for hydroxylation is 1. The number of aromatic nitrogens is 1. The molecule has 0 fully saturated rings. The van der Waals surface area contributed by atoms with E-state index in [1.807, 2.05) is 13.8 Å². The molecule has 11 heteroatoms. The van der Waals surface area contributed by atoms with Gasteiger partial charge in [-0.25, -0.2) is 4.98 Å². The monoisotopic (exact) mass is 489 g/mol. The van der Waals surface area contributed by atoms with Crippen LogP contribution in [0.1, 0.15) is 37.3 Å². The Kier molecular flexibility index (Phi) is 6.92. The van der Waals surface area contributed by atoms with Crippen LogP contribution in [0.2, 0.25) is 0 Å². The molecule has 0 saturated heterocycles. The van der Waals surface area contributed by atoms with Crippen molar-refractivity contribution in [2.24, 2.45) is 0 Å². The summed E-state index contributed by atoms with van der Waals surface area (Å²) >= 11 is 0.652. The predicted molar refractivity (Wildman–Crippen MR) is 115 cm³/mol. The van der Waals surface area contributed by atoms with Gasteiger partial charge in [-0.05, 0) is 35.6 Å². The van der Waals surface area contributed by atoms with Crippen LogP contribution in [0.5, 0.6) is 0 Å². The zero-order valence-corrected chi connectivity index (χ0v) is 18.5. The number of anilines is 1. The first-order valence-corrected chi connectivity index (χ1v) is 10.8. The SMILES string of the molecule is CC(C)c1ccc2nc(NC(NC(=O)CCc3ccccc3)(C(F)(F)F)C(F)(F)F)sc2c1. The van der Waals surface area contributed by atoms with Gasteiger partial charge in [0.1, 0.15) is 0 Å². The Bertz CT molecular complexity index is 1090. The molecule has 3 aromatic rings. The van der Waals surface area contributed by atoms with Crippen LogP contribution in [-0.4, -0.2) is 28.9 Å². The van der Waals surface area contributed by atoms with Crippen molar-refractivity contribution in [3.8, 4) is 0 Å². The van der Waals surface area contributed by atoms with E-state index in [1.54, 1.807) is 42.5 Å². The zero-order valence-electron chi connectivity index (χ0n) is 17.6. The maximum Gasteiger partial charge on any atom is 0.439 e. The average molecular weight is 489 g/mol. The first-order chi connectivity index (χ1) is 15.3. The van der Waals surface area contributed by atoms with E-state index < -0.39 is 35.5 Å². The standard InChI is InChI=1S/C22H21F6N3OS/c1-13(2)15-9-10-16-17(12-15)33-19(29-16)31-20(21(23,24)25,22(26,27)28)30-18(32)11-8-14-6-4-3-5-7-14/h3-7,9-10,12-13H,8,11H2,1-2H3,(H,29,31)(H,30,32). The number of nitrogens with zero attached hydrogens (tertiary/aromatic N) is 1. The highest BCUT2D eigenvalue weighted by Crippen LogP contribution is 2.44. The lowest BCUT2D eigenvalue weighted by Crippen LogP contribution is -2.72. The van der Waals surface area contributed by atoms with Crippen LogP contribution in [0.15, 0.2) is 48.5 Å². The fourth-order valence-corrected chi connectivity index (χ4v) is 4.13. The van der Waals surface area contributed by atoms with Crippen LogP contribution in [0.25, 0.3) is 10.2 Å². The van der Waals surface area contributed by atoms with E-state index in [4.69, 9.17) is 0 Å². The number of nitrogens with one attached hydrogen (secondary N) is 2. The van der Waals surface area contributed by atoms with E-state index in [-0.39, 0.29) is 17.9 Å². The third-order valence-electron chi connectivity index (χ3n) is 5.03. The highest BCUT2D eigenvalue weighted by Gasteiger charge is 2.73. The van der Waals surface area contributed by atoms with Gasteiger partial charge in [-0.15, -0.1) is 0 Å². The molecule has 0 aliphatic heterocycles. The third kappa shape index (κ3) is 5.40. The lowest BCUT2D eigenvalue weighted by molar-refractivity contribution is -0.295. The summed E-state index contributed by atoms with van der Waals surface area (Å²) in [5.41, 5.74) is -2.97. The molecule has 2 N–H and O–H groups in total. The minimum absolute atomic E-state index is 0.0163. The predicted octanol–water partition coefficient (Wildman–Crippen LogP) is 6.40. The Morgan fingerprint density at radius 3 is 2.21 bits per heavy atom. The quantitative estimate of drug-likeness (QED) is 0.298. The van der Waals surface area contributed by atoms with Gasteiger partial charge in [0.25, 0.3) is 0 Å². The van der Waals surface area contributed by atoms with Crippen molar-refractivity contribution in [1.29, 1.82) is 0 Å². The lowest BCUT2D eigenvalue weighted by atomic mass is 10.0. The summed E-state index contributed by atoms with van der Waals surface area (Å²) in [5.74, 6) is -1.29. The normalized spacial score (nSPS) is 12.9. The second kappa shape index (κ2) is 9.20.